The summed E-state index contributed by atoms with van der Waals surface area (Å²) in [5.41, 5.74) is -1.66. The Morgan fingerprint density at radius 1 is 0.446 bits per heavy atom. The summed E-state index contributed by atoms with van der Waals surface area (Å²) in [5, 5.41) is 0. The zero-order chi connectivity index (χ0) is 40.8. The minimum Gasteiger partial charge on any atom is -0.460 e. The zero-order valence-corrected chi connectivity index (χ0v) is 33.4. The Hall–Kier alpha value is -5.12. The van der Waals surface area contributed by atoms with Gasteiger partial charge in [0.15, 0.2) is 16.7 Å². The molecule has 0 unspecified atom stereocenters. The van der Waals surface area contributed by atoms with Crippen LogP contribution in [0.5, 0.6) is 0 Å². The summed E-state index contributed by atoms with van der Waals surface area (Å²) in [7, 11) is 0. The van der Waals surface area contributed by atoms with E-state index in [1.807, 2.05) is 39.8 Å². The Kier molecular flexibility index (Phi) is 19.2. The second kappa shape index (κ2) is 23.7. The van der Waals surface area contributed by atoms with E-state index < -0.39 is 52.6 Å². The number of hydrogen-bond donors (Lipinski definition) is 0. The molecule has 0 saturated heterocycles. The Balaban J connectivity index is 1.96. The lowest BCUT2D eigenvalue weighted by atomic mass is 9.78. The average Bonchev–Trinajstić information content (AvgIpc) is 3.22. The molecule has 0 fully saturated rings. The van der Waals surface area contributed by atoms with E-state index in [2.05, 4.69) is 0 Å². The molecule has 56 heavy (non-hydrogen) atoms. The van der Waals surface area contributed by atoms with Gasteiger partial charge >= 0.3 is 35.8 Å². The molecule has 0 bridgehead atoms. The summed E-state index contributed by atoms with van der Waals surface area (Å²) >= 11 is 0. The highest BCUT2D eigenvalue weighted by molar-refractivity contribution is 6.09. The fourth-order valence-corrected chi connectivity index (χ4v) is 6.50. The monoisotopic (exact) mass is 770 g/mol. The quantitative estimate of drug-likeness (QED) is 0.0492. The van der Waals surface area contributed by atoms with Gasteiger partial charge in [0, 0.05) is 0 Å². The van der Waals surface area contributed by atoms with Gasteiger partial charge in [-0.2, -0.15) is 0 Å². The van der Waals surface area contributed by atoms with Crippen LogP contribution in [0, 0.1) is 16.7 Å². The maximum absolute atomic E-state index is 14.2. The van der Waals surface area contributed by atoms with Gasteiger partial charge in [-0.25, -0.2) is 0 Å². The van der Waals surface area contributed by atoms with Crippen LogP contribution in [0.3, 0.4) is 0 Å². The molecule has 3 aromatic rings. The van der Waals surface area contributed by atoms with Crippen LogP contribution in [0.2, 0.25) is 0 Å². The zero-order valence-electron chi connectivity index (χ0n) is 33.4. The van der Waals surface area contributed by atoms with Gasteiger partial charge in [-0.05, 0) is 48.8 Å². The van der Waals surface area contributed by atoms with Crippen LogP contribution >= 0.6 is 0 Å². The van der Waals surface area contributed by atoms with Crippen molar-refractivity contribution in [3.05, 3.63) is 108 Å². The molecule has 0 aromatic heterocycles. The molecule has 10 nitrogen and oxygen atoms in total. The first kappa shape index (κ1) is 45.3. The van der Waals surface area contributed by atoms with Crippen molar-refractivity contribution in [3.8, 4) is 0 Å². The van der Waals surface area contributed by atoms with Crippen molar-refractivity contribution in [2.24, 2.45) is 16.7 Å². The summed E-state index contributed by atoms with van der Waals surface area (Å²) in [6, 6.07) is 26.6. The molecule has 3 rings (SSSR count). The van der Waals surface area contributed by atoms with Gasteiger partial charge in [0.05, 0.1) is 0 Å². The maximum Gasteiger partial charge on any atom is 0.331 e. The van der Waals surface area contributed by atoms with Crippen LogP contribution in [0.4, 0.5) is 0 Å². The van der Waals surface area contributed by atoms with E-state index >= 15 is 0 Å². The highest BCUT2D eigenvalue weighted by Crippen LogP contribution is 2.37. The van der Waals surface area contributed by atoms with Crippen molar-refractivity contribution < 1.29 is 47.7 Å². The SMILES string of the molecule is CCCCC(CCCC)(C(=O)OCc1ccccc1)C(=O)OC(=O)C(Cc1ccccc1)C(=O)OC(=O)C(CCCC)(CCCC)C(=O)OCc1ccccc1. The van der Waals surface area contributed by atoms with E-state index in [1.54, 1.807) is 78.9 Å². The van der Waals surface area contributed by atoms with Gasteiger partial charge in [0.25, 0.3) is 0 Å². The molecular weight excluding hydrogens is 712 g/mol. The standard InChI is InChI=1S/C46H58O10/c1-5-9-28-45(29-10-6-2,41(49)53-33-36-24-18-14-19-25-36)43(51)55-39(47)38(32-35-22-16-13-17-23-35)40(48)56-44(52)46(30-11-7-3,31-12-8-4)42(50)54-34-37-26-20-15-21-27-37/h13-27,38H,5-12,28-34H2,1-4H3. The number of unbranched alkanes of at least 4 members (excludes halogenated alkanes) is 4. The average molecular weight is 771 g/mol. The third kappa shape index (κ3) is 13.0. The predicted molar refractivity (Wildman–Crippen MR) is 211 cm³/mol. The van der Waals surface area contributed by atoms with Gasteiger partial charge in [0.2, 0.25) is 0 Å². The van der Waals surface area contributed by atoms with Crippen molar-refractivity contribution >= 4 is 35.8 Å². The Morgan fingerprint density at radius 3 is 1.05 bits per heavy atom. The molecule has 0 spiro atoms. The largest absolute Gasteiger partial charge is 0.460 e. The molecule has 0 saturated carbocycles. The smallest absolute Gasteiger partial charge is 0.331 e. The molecule has 0 atom stereocenters. The number of esters is 6. The predicted octanol–water partition coefficient (Wildman–Crippen LogP) is 9.21. The molecule has 0 amide bonds. The third-order valence-electron chi connectivity index (χ3n) is 10.1. The van der Waals surface area contributed by atoms with Gasteiger partial charge in [0.1, 0.15) is 13.2 Å². The second-order valence-corrected chi connectivity index (χ2v) is 14.4. The second-order valence-electron chi connectivity index (χ2n) is 14.4. The summed E-state index contributed by atoms with van der Waals surface area (Å²) < 4.78 is 22.4. The van der Waals surface area contributed by atoms with Crippen LogP contribution in [0.1, 0.15) is 121 Å². The third-order valence-corrected chi connectivity index (χ3v) is 10.1. The number of carbonyl (C=O) groups excluding carboxylic acids is 6. The van der Waals surface area contributed by atoms with Crippen molar-refractivity contribution in [1.82, 2.24) is 0 Å². The van der Waals surface area contributed by atoms with Crippen molar-refractivity contribution in [1.29, 1.82) is 0 Å². The van der Waals surface area contributed by atoms with Crippen molar-refractivity contribution in [2.75, 3.05) is 0 Å². The van der Waals surface area contributed by atoms with Crippen LogP contribution in [-0.4, -0.2) is 35.8 Å². The number of hydrogen-bond acceptors (Lipinski definition) is 10. The van der Waals surface area contributed by atoms with Crippen molar-refractivity contribution in [2.45, 2.75) is 124 Å². The number of benzene rings is 3. The molecule has 0 radical (unpaired) electrons. The van der Waals surface area contributed by atoms with Crippen LogP contribution in [0.15, 0.2) is 91.0 Å². The van der Waals surface area contributed by atoms with E-state index in [1.165, 1.54) is 0 Å². The van der Waals surface area contributed by atoms with E-state index in [0.29, 0.717) is 56.9 Å². The number of ether oxygens (including phenoxy) is 4. The summed E-state index contributed by atoms with van der Waals surface area (Å²) in [4.78, 5) is 84.3. The van der Waals surface area contributed by atoms with E-state index in [9.17, 15) is 28.8 Å². The van der Waals surface area contributed by atoms with Crippen LogP contribution in [0.25, 0.3) is 0 Å². The first-order chi connectivity index (χ1) is 27.1. The number of rotatable bonds is 24. The first-order valence-electron chi connectivity index (χ1n) is 20.0. The molecule has 0 N–H and O–H groups in total. The Labute approximate surface area is 331 Å². The van der Waals surface area contributed by atoms with E-state index in [4.69, 9.17) is 18.9 Å². The molecule has 10 heteroatoms. The molecule has 302 valence electrons. The van der Waals surface area contributed by atoms with Crippen LogP contribution in [-0.2, 0) is 67.3 Å². The van der Waals surface area contributed by atoms with Gasteiger partial charge in [-0.3, -0.25) is 28.8 Å². The lowest BCUT2D eigenvalue weighted by Crippen LogP contribution is -2.46. The molecule has 3 aromatic carbocycles. The molecule has 0 heterocycles. The molecule has 0 aliphatic carbocycles. The fourth-order valence-electron chi connectivity index (χ4n) is 6.50. The van der Waals surface area contributed by atoms with Crippen LogP contribution < -0.4 is 0 Å². The maximum atomic E-state index is 14.2. The van der Waals surface area contributed by atoms with Gasteiger partial charge in [-0.1, -0.05) is 170 Å². The topological polar surface area (TPSA) is 139 Å². The highest BCUT2D eigenvalue weighted by atomic mass is 16.6. The van der Waals surface area contributed by atoms with E-state index in [0.717, 1.165) is 11.1 Å². The first-order valence-corrected chi connectivity index (χ1v) is 20.0. The van der Waals surface area contributed by atoms with Gasteiger partial charge < -0.3 is 18.9 Å². The Morgan fingerprint density at radius 2 is 0.750 bits per heavy atom. The molecule has 0 aliphatic rings. The molecular formula is C46H58O10. The molecule has 0 aliphatic heterocycles. The van der Waals surface area contributed by atoms with Gasteiger partial charge in [-0.15, -0.1) is 0 Å². The summed E-state index contributed by atoms with van der Waals surface area (Å²) in [5.74, 6) is -8.20. The normalized spacial score (nSPS) is 11.4. The summed E-state index contributed by atoms with van der Waals surface area (Å²) in [6.45, 7) is 7.49. The van der Waals surface area contributed by atoms with Crippen molar-refractivity contribution in [3.63, 3.8) is 0 Å². The Bertz CT molecular complexity index is 1570. The summed E-state index contributed by atoms with van der Waals surface area (Å²) in [6.07, 6.45) is 4.47. The fraction of sp³-hybridized carbons (Fsp3) is 0.478. The lowest BCUT2D eigenvalue weighted by molar-refractivity contribution is -0.183. The number of carbonyl (C=O) groups is 6. The highest BCUT2D eigenvalue weighted by Gasteiger charge is 2.52. The lowest BCUT2D eigenvalue weighted by Gasteiger charge is -2.30. The minimum atomic E-state index is -1.81. The minimum absolute atomic E-state index is 0.0675. The van der Waals surface area contributed by atoms with E-state index in [-0.39, 0.29) is 45.3 Å².